The van der Waals surface area contributed by atoms with Crippen molar-refractivity contribution < 1.29 is 24.2 Å². The van der Waals surface area contributed by atoms with Crippen molar-refractivity contribution in [3.05, 3.63) is 35.0 Å². The molecule has 0 radical (unpaired) electrons. The summed E-state index contributed by atoms with van der Waals surface area (Å²) in [5.74, 6) is -0.0924. The van der Waals surface area contributed by atoms with Gasteiger partial charge >= 0.3 is 5.97 Å². The summed E-state index contributed by atoms with van der Waals surface area (Å²) in [6.07, 6.45) is 1.55. The number of esters is 1. The van der Waals surface area contributed by atoms with Gasteiger partial charge in [0.25, 0.3) is 5.91 Å². The summed E-state index contributed by atoms with van der Waals surface area (Å²) in [4.78, 5) is 27.8. The highest BCUT2D eigenvalue weighted by atomic mass is 16.6. The van der Waals surface area contributed by atoms with Crippen LogP contribution in [0.25, 0.3) is 0 Å². The third-order valence-electron chi connectivity index (χ3n) is 7.74. The first-order chi connectivity index (χ1) is 13.5. The third-order valence-corrected chi connectivity index (χ3v) is 7.74. The highest BCUT2D eigenvalue weighted by molar-refractivity contribution is 5.95. The zero-order chi connectivity index (χ0) is 19.4. The summed E-state index contributed by atoms with van der Waals surface area (Å²) in [5.41, 5.74) is 2.51. The number of anilines is 1. The summed E-state index contributed by atoms with van der Waals surface area (Å²) in [5, 5.41) is 13.4. The SMILES string of the molecule is CCC12CC(C(=O)OC)=C3Nc4cc(O)ccc4C34CCN(C(=O)C3OC31)C42. The molecule has 6 rings (SSSR count). The lowest BCUT2D eigenvalue weighted by molar-refractivity contribution is -0.141. The Morgan fingerprint density at radius 1 is 1.46 bits per heavy atom. The van der Waals surface area contributed by atoms with Gasteiger partial charge in [-0.3, -0.25) is 4.79 Å². The lowest BCUT2D eigenvalue weighted by Crippen LogP contribution is -2.64. The molecule has 4 aliphatic heterocycles. The lowest BCUT2D eigenvalue weighted by atomic mass is 9.53. The molecule has 146 valence electrons. The van der Waals surface area contributed by atoms with E-state index in [-0.39, 0.29) is 41.3 Å². The number of phenols is 1. The van der Waals surface area contributed by atoms with Gasteiger partial charge in [0.15, 0.2) is 6.10 Å². The van der Waals surface area contributed by atoms with Crippen LogP contribution in [-0.4, -0.2) is 53.8 Å². The van der Waals surface area contributed by atoms with Crippen LogP contribution < -0.4 is 5.32 Å². The molecular formula is C21H22N2O5. The first kappa shape index (κ1) is 16.4. The molecular weight excluding hydrogens is 360 g/mol. The highest BCUT2D eigenvalue weighted by Crippen LogP contribution is 2.68. The number of carbonyl (C=O) groups excluding carboxylic acids is 2. The standard InChI is InChI=1S/C21H22N2O5/c1-3-20-9-11(18(26)27-2)15-21(12-5-4-10(24)8-13(12)22-15)6-7-23(19(20)21)17(25)14-16(20)28-14/h4-5,8,14,16,19,22,24H,3,6-7,9H2,1-2H3. The van der Waals surface area contributed by atoms with Gasteiger partial charge in [0, 0.05) is 29.4 Å². The number of nitrogens with one attached hydrogen (secondary N) is 1. The Morgan fingerprint density at radius 3 is 3.04 bits per heavy atom. The molecule has 0 saturated carbocycles. The topological polar surface area (TPSA) is 91.4 Å². The maximum Gasteiger partial charge on any atom is 0.335 e. The van der Waals surface area contributed by atoms with Crippen LogP contribution in [-0.2, 0) is 24.5 Å². The first-order valence-electron chi connectivity index (χ1n) is 9.86. The quantitative estimate of drug-likeness (QED) is 0.597. The fourth-order valence-electron chi connectivity index (χ4n) is 6.65. The normalized spacial score (nSPS) is 39.0. The number of hydrogen-bond donors (Lipinski definition) is 2. The van der Waals surface area contributed by atoms with Crippen molar-refractivity contribution in [3.63, 3.8) is 0 Å². The van der Waals surface area contributed by atoms with Crippen molar-refractivity contribution in [1.29, 1.82) is 0 Å². The molecule has 5 aliphatic rings. The van der Waals surface area contributed by atoms with E-state index >= 15 is 0 Å². The van der Waals surface area contributed by atoms with Crippen molar-refractivity contribution in [2.24, 2.45) is 5.41 Å². The number of nitrogens with zero attached hydrogens (tertiary/aromatic N) is 1. The lowest BCUT2D eigenvalue weighted by Gasteiger charge is -2.54. The Hall–Kier alpha value is -2.54. The Balaban J connectivity index is 1.67. The van der Waals surface area contributed by atoms with Crippen LogP contribution >= 0.6 is 0 Å². The fraction of sp³-hybridized carbons (Fsp3) is 0.524. The van der Waals surface area contributed by atoms with Gasteiger partial charge < -0.3 is 24.8 Å². The molecule has 28 heavy (non-hydrogen) atoms. The molecule has 2 N–H and O–H groups in total. The van der Waals surface area contributed by atoms with E-state index in [0.717, 1.165) is 29.8 Å². The number of carbonyl (C=O) groups is 2. The number of epoxide rings is 1. The molecule has 3 fully saturated rings. The number of piperidine rings is 1. The van der Waals surface area contributed by atoms with Crippen molar-refractivity contribution in [2.75, 3.05) is 19.0 Å². The summed E-state index contributed by atoms with van der Waals surface area (Å²) in [7, 11) is 1.41. The summed E-state index contributed by atoms with van der Waals surface area (Å²) in [6, 6.07) is 5.24. The van der Waals surface area contributed by atoms with Crippen LogP contribution in [0.4, 0.5) is 5.69 Å². The second kappa shape index (κ2) is 4.89. The number of amides is 1. The largest absolute Gasteiger partial charge is 0.508 e. The summed E-state index contributed by atoms with van der Waals surface area (Å²) < 4.78 is 11.0. The summed E-state index contributed by atoms with van der Waals surface area (Å²) in [6.45, 7) is 2.76. The van der Waals surface area contributed by atoms with Crippen molar-refractivity contribution in [3.8, 4) is 5.75 Å². The van der Waals surface area contributed by atoms with Crippen molar-refractivity contribution in [2.45, 2.75) is 49.9 Å². The fourth-order valence-corrected chi connectivity index (χ4v) is 6.65. The highest BCUT2D eigenvalue weighted by Gasteiger charge is 2.76. The maximum atomic E-state index is 13.0. The number of phenolic OH excluding ortho intramolecular Hbond substituents is 1. The van der Waals surface area contributed by atoms with E-state index in [2.05, 4.69) is 12.2 Å². The maximum absolute atomic E-state index is 13.0. The van der Waals surface area contributed by atoms with Crippen LogP contribution in [0, 0.1) is 5.41 Å². The molecule has 7 heteroatoms. The van der Waals surface area contributed by atoms with Crippen LogP contribution in [0.1, 0.15) is 31.7 Å². The molecule has 0 aromatic heterocycles. The van der Waals surface area contributed by atoms with Crippen LogP contribution in [0.15, 0.2) is 29.5 Å². The predicted molar refractivity (Wildman–Crippen MR) is 98.6 cm³/mol. The van der Waals surface area contributed by atoms with Crippen LogP contribution in [0.5, 0.6) is 5.75 Å². The van der Waals surface area contributed by atoms with E-state index in [1.807, 2.05) is 11.0 Å². The van der Waals surface area contributed by atoms with Gasteiger partial charge in [-0.25, -0.2) is 4.79 Å². The molecule has 1 aromatic rings. The average molecular weight is 382 g/mol. The van der Waals surface area contributed by atoms with Gasteiger partial charge in [-0.2, -0.15) is 0 Å². The number of methoxy groups -OCH3 is 1. The van der Waals surface area contributed by atoms with E-state index < -0.39 is 5.41 Å². The number of aromatic hydroxyl groups is 1. The molecule has 7 nitrogen and oxygen atoms in total. The predicted octanol–water partition coefficient (Wildman–Crippen LogP) is 1.66. The van der Waals surface area contributed by atoms with Crippen molar-refractivity contribution in [1.82, 2.24) is 4.90 Å². The minimum atomic E-state index is -0.493. The smallest absolute Gasteiger partial charge is 0.335 e. The second-order valence-electron chi connectivity index (χ2n) is 8.60. The van der Waals surface area contributed by atoms with Gasteiger partial charge in [0.05, 0.1) is 24.1 Å². The molecule has 0 bridgehead atoms. The van der Waals surface area contributed by atoms with Crippen molar-refractivity contribution >= 4 is 17.6 Å². The number of fused-ring (bicyclic) bond motifs is 3. The van der Waals surface area contributed by atoms with Gasteiger partial charge in [-0.1, -0.05) is 13.0 Å². The zero-order valence-corrected chi connectivity index (χ0v) is 15.8. The molecule has 1 aromatic carbocycles. The third kappa shape index (κ3) is 1.58. The van der Waals surface area contributed by atoms with Gasteiger partial charge in [-0.15, -0.1) is 0 Å². The molecule has 1 spiro atoms. The molecule has 5 unspecified atom stereocenters. The molecule has 4 heterocycles. The number of hydrogen-bond acceptors (Lipinski definition) is 6. The Bertz CT molecular complexity index is 987. The van der Waals surface area contributed by atoms with E-state index in [9.17, 15) is 14.7 Å². The first-order valence-corrected chi connectivity index (χ1v) is 9.86. The van der Waals surface area contributed by atoms with E-state index in [4.69, 9.17) is 9.47 Å². The van der Waals surface area contributed by atoms with Gasteiger partial charge in [0.2, 0.25) is 0 Å². The van der Waals surface area contributed by atoms with Gasteiger partial charge in [-0.05, 0) is 30.9 Å². The summed E-state index contributed by atoms with van der Waals surface area (Å²) >= 11 is 0. The van der Waals surface area contributed by atoms with Gasteiger partial charge in [0.1, 0.15) is 11.9 Å². The van der Waals surface area contributed by atoms with E-state index in [1.54, 1.807) is 12.1 Å². The van der Waals surface area contributed by atoms with Crippen LogP contribution in [0.3, 0.4) is 0 Å². The molecule has 3 saturated heterocycles. The Kier molecular flexibility index (Phi) is 2.87. The molecule has 1 aliphatic carbocycles. The minimum absolute atomic E-state index is 0.0667. The zero-order valence-electron chi connectivity index (χ0n) is 15.8. The average Bonchev–Trinajstić information content (AvgIpc) is 3.32. The van der Waals surface area contributed by atoms with Crippen LogP contribution in [0.2, 0.25) is 0 Å². The van der Waals surface area contributed by atoms with E-state index in [0.29, 0.717) is 18.5 Å². The van der Waals surface area contributed by atoms with E-state index in [1.165, 1.54) is 7.11 Å². The minimum Gasteiger partial charge on any atom is -0.508 e. The monoisotopic (exact) mass is 382 g/mol. The Morgan fingerprint density at radius 2 is 2.29 bits per heavy atom. The number of ether oxygens (including phenoxy) is 2. The molecule has 5 atom stereocenters. The number of benzene rings is 1. The molecule has 1 amide bonds. The number of rotatable bonds is 2. The second-order valence-corrected chi connectivity index (χ2v) is 8.60. The Labute approximate surface area is 162 Å².